The molecule has 4 nitrogen and oxygen atoms in total. The maximum absolute atomic E-state index is 13.2. The smallest absolute Gasteiger partial charge is 0.240 e. The van der Waals surface area contributed by atoms with Crippen LogP contribution in [0.1, 0.15) is 44.6 Å². The molecule has 6 heteroatoms. The molecular formula is C17H27FN2O2S. The Labute approximate surface area is 139 Å². The van der Waals surface area contributed by atoms with Crippen molar-refractivity contribution in [2.45, 2.75) is 56.9 Å². The van der Waals surface area contributed by atoms with Gasteiger partial charge in [-0.3, -0.25) is 0 Å². The van der Waals surface area contributed by atoms with Gasteiger partial charge in [-0.25, -0.2) is 17.5 Å². The number of piperidine rings is 1. The number of aryl methyl sites for hydroxylation is 1. The number of halogens is 1. The minimum absolute atomic E-state index is 0.126. The van der Waals surface area contributed by atoms with Crippen molar-refractivity contribution in [3.05, 3.63) is 29.6 Å². The molecule has 1 N–H and O–H groups in total. The summed E-state index contributed by atoms with van der Waals surface area (Å²) in [6, 6.07) is 4.52. The number of hydrogen-bond donors (Lipinski definition) is 1. The summed E-state index contributed by atoms with van der Waals surface area (Å²) in [6.45, 7) is 6.22. The van der Waals surface area contributed by atoms with E-state index in [1.165, 1.54) is 37.5 Å². The Morgan fingerprint density at radius 2 is 2.13 bits per heavy atom. The van der Waals surface area contributed by atoms with E-state index in [0.29, 0.717) is 18.2 Å². The van der Waals surface area contributed by atoms with Gasteiger partial charge < -0.3 is 4.90 Å². The van der Waals surface area contributed by atoms with Crippen molar-refractivity contribution in [2.24, 2.45) is 0 Å². The van der Waals surface area contributed by atoms with E-state index in [2.05, 4.69) is 16.5 Å². The molecule has 0 spiro atoms. The van der Waals surface area contributed by atoms with Crippen molar-refractivity contribution < 1.29 is 12.8 Å². The summed E-state index contributed by atoms with van der Waals surface area (Å²) in [5, 5.41) is 0. The van der Waals surface area contributed by atoms with Gasteiger partial charge in [0.2, 0.25) is 10.0 Å². The minimum Gasteiger partial charge on any atom is -0.300 e. The molecule has 130 valence electrons. The Hall–Kier alpha value is -0.980. The monoisotopic (exact) mass is 342 g/mol. The summed E-state index contributed by atoms with van der Waals surface area (Å²) in [5.74, 6) is -0.389. The van der Waals surface area contributed by atoms with Crippen LogP contribution in [0.25, 0.3) is 0 Å². The topological polar surface area (TPSA) is 49.4 Å². The molecule has 0 amide bonds. The fraction of sp³-hybridized carbons (Fsp3) is 0.647. The number of hydrogen-bond acceptors (Lipinski definition) is 3. The highest BCUT2D eigenvalue weighted by molar-refractivity contribution is 7.89. The lowest BCUT2D eigenvalue weighted by molar-refractivity contribution is 0.143. The average Bonchev–Trinajstić information content (AvgIpc) is 2.54. The third kappa shape index (κ3) is 4.99. The molecule has 0 saturated carbocycles. The molecule has 0 bridgehead atoms. The first kappa shape index (κ1) is 18.4. The molecule has 0 unspecified atom stereocenters. The third-order valence-corrected chi connectivity index (χ3v) is 6.03. The molecule has 0 aromatic heterocycles. The summed E-state index contributed by atoms with van der Waals surface area (Å²) in [6.07, 6.45) is 5.72. The first-order valence-electron chi connectivity index (χ1n) is 8.44. The van der Waals surface area contributed by atoms with Crippen molar-refractivity contribution in [3.63, 3.8) is 0 Å². The zero-order valence-corrected chi connectivity index (χ0v) is 14.8. The Balaban J connectivity index is 1.83. The van der Waals surface area contributed by atoms with E-state index in [1.54, 1.807) is 6.92 Å². The minimum atomic E-state index is -3.56. The normalized spacial score (nSPS) is 19.9. The average molecular weight is 342 g/mol. The summed E-state index contributed by atoms with van der Waals surface area (Å²) in [4.78, 5) is 2.60. The van der Waals surface area contributed by atoms with E-state index in [4.69, 9.17) is 0 Å². The summed E-state index contributed by atoms with van der Waals surface area (Å²) in [7, 11) is -3.56. The van der Waals surface area contributed by atoms with Crippen molar-refractivity contribution >= 4 is 10.0 Å². The van der Waals surface area contributed by atoms with Gasteiger partial charge in [-0.05, 0) is 69.5 Å². The highest BCUT2D eigenvalue weighted by atomic mass is 32.2. The van der Waals surface area contributed by atoms with E-state index in [1.807, 2.05) is 0 Å². The largest absolute Gasteiger partial charge is 0.300 e. The number of rotatable bonds is 7. The molecule has 1 aliphatic heterocycles. The lowest BCUT2D eigenvalue weighted by Gasteiger charge is -2.35. The summed E-state index contributed by atoms with van der Waals surface area (Å²) >= 11 is 0. The second-order valence-electron chi connectivity index (χ2n) is 6.26. The van der Waals surface area contributed by atoms with Crippen LogP contribution in [-0.2, 0) is 10.0 Å². The molecule has 0 radical (unpaired) electrons. The second kappa shape index (κ2) is 8.22. The van der Waals surface area contributed by atoms with Crippen LogP contribution in [0.4, 0.5) is 4.39 Å². The molecule has 1 atom stereocenters. The second-order valence-corrected chi connectivity index (χ2v) is 8.02. The van der Waals surface area contributed by atoms with E-state index >= 15 is 0 Å². The van der Waals surface area contributed by atoms with Gasteiger partial charge in [-0.1, -0.05) is 13.3 Å². The van der Waals surface area contributed by atoms with E-state index in [-0.39, 0.29) is 10.7 Å². The van der Waals surface area contributed by atoms with Crippen LogP contribution in [0.15, 0.2) is 23.1 Å². The van der Waals surface area contributed by atoms with Crippen LogP contribution in [0.3, 0.4) is 0 Å². The number of benzene rings is 1. The van der Waals surface area contributed by atoms with Gasteiger partial charge in [0.1, 0.15) is 5.82 Å². The van der Waals surface area contributed by atoms with E-state index in [9.17, 15) is 12.8 Å². The quantitative estimate of drug-likeness (QED) is 0.775. The first-order chi connectivity index (χ1) is 10.9. The highest BCUT2D eigenvalue weighted by Crippen LogP contribution is 2.19. The van der Waals surface area contributed by atoms with Crippen molar-refractivity contribution in [1.82, 2.24) is 9.62 Å². The Kier molecular flexibility index (Phi) is 6.56. The van der Waals surface area contributed by atoms with Gasteiger partial charge in [0.25, 0.3) is 0 Å². The molecule has 2 rings (SSSR count). The number of nitrogens with one attached hydrogen (secondary N) is 1. The van der Waals surface area contributed by atoms with Gasteiger partial charge in [-0.2, -0.15) is 0 Å². The third-order valence-electron chi connectivity index (χ3n) is 4.57. The zero-order valence-electron chi connectivity index (χ0n) is 14.0. The number of nitrogens with zero attached hydrogens (tertiary/aromatic N) is 1. The summed E-state index contributed by atoms with van der Waals surface area (Å²) < 4.78 is 40.3. The first-order valence-corrected chi connectivity index (χ1v) is 9.92. The van der Waals surface area contributed by atoms with Gasteiger partial charge in [-0.15, -0.1) is 0 Å². The zero-order chi connectivity index (χ0) is 16.9. The Morgan fingerprint density at radius 3 is 2.83 bits per heavy atom. The van der Waals surface area contributed by atoms with Crippen LogP contribution in [0, 0.1) is 12.7 Å². The molecule has 1 heterocycles. The fourth-order valence-electron chi connectivity index (χ4n) is 3.17. The maximum atomic E-state index is 13.2. The molecule has 23 heavy (non-hydrogen) atoms. The van der Waals surface area contributed by atoms with Gasteiger partial charge in [0, 0.05) is 12.6 Å². The van der Waals surface area contributed by atoms with E-state index < -0.39 is 10.0 Å². The molecule has 1 fully saturated rings. The molecule has 1 saturated heterocycles. The molecule has 1 aromatic rings. The van der Waals surface area contributed by atoms with Crippen molar-refractivity contribution in [1.29, 1.82) is 0 Å². The van der Waals surface area contributed by atoms with Crippen LogP contribution in [0.5, 0.6) is 0 Å². The predicted molar refractivity (Wildman–Crippen MR) is 90.4 cm³/mol. The van der Waals surface area contributed by atoms with Crippen LogP contribution < -0.4 is 4.72 Å². The van der Waals surface area contributed by atoms with Crippen LogP contribution in [0.2, 0.25) is 0 Å². The number of sulfonamides is 1. The predicted octanol–water partition coefficient (Wildman–Crippen LogP) is 3.07. The van der Waals surface area contributed by atoms with Crippen molar-refractivity contribution in [2.75, 3.05) is 19.6 Å². The Bertz CT molecular complexity index is 619. The van der Waals surface area contributed by atoms with Gasteiger partial charge in [0.15, 0.2) is 0 Å². The molecular weight excluding hydrogens is 315 g/mol. The standard InChI is InChI=1S/C17H27FN2O2S/c1-3-15-7-4-5-11-20(15)12-6-10-19-23(21,22)16-8-9-17(18)14(2)13-16/h8-9,13,15,19H,3-7,10-12H2,1-2H3/t15-/m1/s1. The lowest BCUT2D eigenvalue weighted by atomic mass is 10.00. The maximum Gasteiger partial charge on any atom is 0.240 e. The van der Waals surface area contributed by atoms with Crippen molar-refractivity contribution in [3.8, 4) is 0 Å². The molecule has 1 aliphatic rings. The summed E-state index contributed by atoms with van der Waals surface area (Å²) in [5.41, 5.74) is 0.340. The fourth-order valence-corrected chi connectivity index (χ4v) is 4.33. The molecule has 0 aliphatic carbocycles. The highest BCUT2D eigenvalue weighted by Gasteiger charge is 2.20. The van der Waals surface area contributed by atoms with Crippen LogP contribution >= 0.6 is 0 Å². The lowest BCUT2D eigenvalue weighted by Crippen LogP contribution is -2.40. The van der Waals surface area contributed by atoms with Crippen LogP contribution in [-0.4, -0.2) is 39.0 Å². The van der Waals surface area contributed by atoms with Gasteiger partial charge >= 0.3 is 0 Å². The SMILES string of the molecule is CC[C@@H]1CCCCN1CCCNS(=O)(=O)c1ccc(F)c(C)c1. The molecule has 1 aromatic carbocycles. The Morgan fingerprint density at radius 1 is 1.35 bits per heavy atom. The van der Waals surface area contributed by atoms with E-state index in [0.717, 1.165) is 25.9 Å². The van der Waals surface area contributed by atoms with Gasteiger partial charge in [0.05, 0.1) is 4.90 Å². The number of likely N-dealkylation sites (tertiary alicyclic amines) is 1.